The van der Waals surface area contributed by atoms with Crippen LogP contribution in [0.1, 0.15) is 32.6 Å². The molecule has 0 saturated carbocycles. The monoisotopic (exact) mass is 291 g/mol. The van der Waals surface area contributed by atoms with Gasteiger partial charge in [0.1, 0.15) is 4.88 Å². The third-order valence-electron chi connectivity index (χ3n) is 3.57. The molecule has 0 amide bonds. The fraction of sp³-hybridized carbons (Fsp3) is 0.429. The minimum Gasteiger partial charge on any atom is -0.477 e. The van der Waals surface area contributed by atoms with Crippen molar-refractivity contribution in [1.29, 1.82) is 0 Å². The zero-order valence-corrected chi connectivity index (χ0v) is 12.2. The van der Waals surface area contributed by atoms with Gasteiger partial charge in [0.15, 0.2) is 0 Å². The highest BCUT2D eigenvalue weighted by molar-refractivity contribution is 7.14. The number of carbonyl (C=O) groups is 1. The smallest absolute Gasteiger partial charge is 0.345 e. The maximum absolute atomic E-state index is 11.0. The standard InChI is InChI=1S/C14H17N3O2S/c1-2-17-8-10(6-15-17)7-16-4-3-12-11(9-16)5-13(20-12)14(18)19/h5-6,8H,2-4,7,9H2,1H3,(H,18,19). The first kappa shape index (κ1) is 13.3. The number of hydrogen-bond donors (Lipinski definition) is 1. The van der Waals surface area contributed by atoms with Gasteiger partial charge in [-0.05, 0) is 25.0 Å². The van der Waals surface area contributed by atoms with E-state index < -0.39 is 5.97 Å². The lowest BCUT2D eigenvalue weighted by atomic mass is 10.1. The first-order chi connectivity index (χ1) is 9.65. The molecule has 0 unspecified atom stereocenters. The van der Waals surface area contributed by atoms with E-state index in [1.54, 1.807) is 0 Å². The first-order valence-electron chi connectivity index (χ1n) is 6.74. The molecule has 0 saturated heterocycles. The van der Waals surface area contributed by atoms with E-state index in [9.17, 15) is 4.79 Å². The zero-order valence-electron chi connectivity index (χ0n) is 11.4. The molecule has 3 rings (SSSR count). The van der Waals surface area contributed by atoms with E-state index >= 15 is 0 Å². The Morgan fingerprint density at radius 2 is 2.40 bits per heavy atom. The van der Waals surface area contributed by atoms with Crippen LogP contribution < -0.4 is 0 Å². The second-order valence-electron chi connectivity index (χ2n) is 5.03. The summed E-state index contributed by atoms with van der Waals surface area (Å²) in [6.07, 6.45) is 4.93. The summed E-state index contributed by atoms with van der Waals surface area (Å²) >= 11 is 1.42. The lowest BCUT2D eigenvalue weighted by Crippen LogP contribution is -2.28. The van der Waals surface area contributed by atoms with Crippen LogP contribution >= 0.6 is 11.3 Å². The summed E-state index contributed by atoms with van der Waals surface area (Å²) in [6, 6.07) is 1.82. The van der Waals surface area contributed by atoms with Gasteiger partial charge in [-0.1, -0.05) is 0 Å². The van der Waals surface area contributed by atoms with E-state index in [-0.39, 0.29) is 0 Å². The Bertz CT molecular complexity index is 632. The summed E-state index contributed by atoms with van der Waals surface area (Å²) in [5, 5.41) is 13.3. The summed E-state index contributed by atoms with van der Waals surface area (Å²) in [5.41, 5.74) is 2.38. The molecule has 0 spiro atoms. The van der Waals surface area contributed by atoms with Gasteiger partial charge >= 0.3 is 5.97 Å². The average Bonchev–Trinajstić information content (AvgIpc) is 3.04. The van der Waals surface area contributed by atoms with Crippen molar-refractivity contribution >= 4 is 17.3 Å². The molecule has 3 heterocycles. The van der Waals surface area contributed by atoms with E-state index in [1.165, 1.54) is 27.3 Å². The number of aromatic nitrogens is 2. The highest BCUT2D eigenvalue weighted by Gasteiger charge is 2.21. The Hall–Kier alpha value is -1.66. The Kier molecular flexibility index (Phi) is 3.58. The molecule has 2 aromatic heterocycles. The summed E-state index contributed by atoms with van der Waals surface area (Å²) < 4.78 is 1.93. The number of aromatic carboxylic acids is 1. The van der Waals surface area contributed by atoms with Crippen LogP contribution in [0.25, 0.3) is 0 Å². The Balaban J connectivity index is 1.70. The van der Waals surface area contributed by atoms with Crippen LogP contribution in [-0.2, 0) is 26.1 Å². The van der Waals surface area contributed by atoms with Crippen LogP contribution in [0.15, 0.2) is 18.5 Å². The minimum atomic E-state index is -0.819. The zero-order chi connectivity index (χ0) is 14.1. The maximum atomic E-state index is 11.0. The van der Waals surface area contributed by atoms with Crippen molar-refractivity contribution in [3.63, 3.8) is 0 Å². The van der Waals surface area contributed by atoms with Crippen molar-refractivity contribution in [1.82, 2.24) is 14.7 Å². The normalized spacial score (nSPS) is 15.2. The molecule has 1 aliphatic rings. The molecule has 1 N–H and O–H groups in total. The molecule has 6 heteroatoms. The number of fused-ring (bicyclic) bond motifs is 1. The summed E-state index contributed by atoms with van der Waals surface area (Å²) in [6.45, 7) is 5.64. The lowest BCUT2D eigenvalue weighted by molar-refractivity contribution is 0.0702. The lowest BCUT2D eigenvalue weighted by Gasteiger charge is -2.26. The van der Waals surface area contributed by atoms with E-state index in [2.05, 4.69) is 23.1 Å². The van der Waals surface area contributed by atoms with Gasteiger partial charge in [0.2, 0.25) is 0 Å². The Morgan fingerprint density at radius 1 is 1.55 bits per heavy atom. The second kappa shape index (κ2) is 5.38. The van der Waals surface area contributed by atoms with Crippen LogP contribution in [0.5, 0.6) is 0 Å². The fourth-order valence-electron chi connectivity index (χ4n) is 2.55. The van der Waals surface area contributed by atoms with Crippen LogP contribution in [0.4, 0.5) is 0 Å². The third kappa shape index (κ3) is 2.62. The van der Waals surface area contributed by atoms with Gasteiger partial charge in [-0.2, -0.15) is 5.10 Å². The first-order valence-corrected chi connectivity index (χ1v) is 7.56. The molecule has 0 radical (unpaired) electrons. The topological polar surface area (TPSA) is 58.4 Å². The number of rotatable bonds is 4. The van der Waals surface area contributed by atoms with Gasteiger partial charge in [0.05, 0.1) is 6.20 Å². The van der Waals surface area contributed by atoms with Crippen LogP contribution in [0.2, 0.25) is 0 Å². The molecule has 0 aromatic carbocycles. The SMILES string of the molecule is CCn1cc(CN2CCc3sc(C(=O)O)cc3C2)cn1. The maximum Gasteiger partial charge on any atom is 0.345 e. The van der Waals surface area contributed by atoms with Crippen molar-refractivity contribution in [2.24, 2.45) is 0 Å². The Morgan fingerprint density at radius 3 is 3.10 bits per heavy atom. The highest BCUT2D eigenvalue weighted by Crippen LogP contribution is 2.28. The molecule has 20 heavy (non-hydrogen) atoms. The molecule has 0 atom stereocenters. The van der Waals surface area contributed by atoms with E-state index in [4.69, 9.17) is 5.11 Å². The van der Waals surface area contributed by atoms with Crippen molar-refractivity contribution in [3.05, 3.63) is 39.3 Å². The summed E-state index contributed by atoms with van der Waals surface area (Å²) in [4.78, 5) is 15.0. The van der Waals surface area contributed by atoms with Crippen LogP contribution in [0.3, 0.4) is 0 Å². The van der Waals surface area contributed by atoms with Crippen LogP contribution in [-0.4, -0.2) is 32.3 Å². The predicted molar refractivity (Wildman–Crippen MR) is 77.0 cm³/mol. The van der Waals surface area contributed by atoms with Gasteiger partial charge in [0.25, 0.3) is 0 Å². The van der Waals surface area contributed by atoms with Crippen molar-refractivity contribution in [3.8, 4) is 0 Å². The van der Waals surface area contributed by atoms with E-state index in [0.29, 0.717) is 4.88 Å². The van der Waals surface area contributed by atoms with Crippen molar-refractivity contribution in [2.45, 2.75) is 33.0 Å². The number of nitrogens with zero attached hydrogens (tertiary/aromatic N) is 3. The van der Waals surface area contributed by atoms with Crippen molar-refractivity contribution < 1.29 is 9.90 Å². The molecule has 5 nitrogen and oxygen atoms in total. The summed E-state index contributed by atoms with van der Waals surface area (Å²) in [5.74, 6) is -0.819. The molecule has 1 aliphatic heterocycles. The van der Waals surface area contributed by atoms with E-state index in [1.807, 2.05) is 16.9 Å². The number of carboxylic acids is 1. The summed E-state index contributed by atoms with van der Waals surface area (Å²) in [7, 11) is 0. The van der Waals surface area contributed by atoms with Crippen LogP contribution in [0, 0.1) is 0 Å². The second-order valence-corrected chi connectivity index (χ2v) is 6.17. The van der Waals surface area contributed by atoms with Gasteiger partial charge in [-0.15, -0.1) is 11.3 Å². The van der Waals surface area contributed by atoms with Crippen molar-refractivity contribution in [2.75, 3.05) is 6.54 Å². The fourth-order valence-corrected chi connectivity index (χ4v) is 3.55. The number of carboxylic acid groups (broad SMARTS) is 1. The predicted octanol–water partition coefficient (Wildman–Crippen LogP) is 2.22. The minimum absolute atomic E-state index is 0.454. The molecule has 0 aliphatic carbocycles. The third-order valence-corrected chi connectivity index (χ3v) is 4.80. The molecule has 0 fully saturated rings. The highest BCUT2D eigenvalue weighted by atomic mass is 32.1. The molecule has 106 valence electrons. The number of hydrogen-bond acceptors (Lipinski definition) is 4. The molecule has 0 bridgehead atoms. The van der Waals surface area contributed by atoms with Gasteiger partial charge in [-0.25, -0.2) is 4.79 Å². The van der Waals surface area contributed by atoms with Gasteiger partial charge < -0.3 is 5.11 Å². The molecule has 2 aromatic rings. The molecular formula is C14H17N3O2S. The van der Waals surface area contributed by atoms with Gasteiger partial charge in [-0.3, -0.25) is 9.58 Å². The number of thiophene rings is 1. The Labute approximate surface area is 121 Å². The number of aryl methyl sites for hydroxylation is 1. The van der Waals surface area contributed by atoms with E-state index in [0.717, 1.165) is 32.6 Å². The molecular weight excluding hydrogens is 274 g/mol. The van der Waals surface area contributed by atoms with Gasteiger partial charge in [0, 0.05) is 42.8 Å². The quantitative estimate of drug-likeness (QED) is 0.938. The average molecular weight is 291 g/mol. The largest absolute Gasteiger partial charge is 0.477 e.